The average Bonchev–Trinajstić information content (AvgIpc) is 3.15. The molecule has 31 heavy (non-hydrogen) atoms. The van der Waals surface area contributed by atoms with Gasteiger partial charge >= 0.3 is 6.03 Å². The van der Waals surface area contributed by atoms with Gasteiger partial charge in [-0.1, -0.05) is 47.0 Å². The summed E-state index contributed by atoms with van der Waals surface area (Å²) in [5.74, 6) is 0. The summed E-state index contributed by atoms with van der Waals surface area (Å²) in [4.78, 5) is 16.6. The first-order valence-corrected chi connectivity index (χ1v) is 12.2. The molecule has 0 spiro atoms. The Morgan fingerprint density at radius 2 is 1.84 bits per heavy atom. The summed E-state index contributed by atoms with van der Waals surface area (Å²) in [6.07, 6.45) is 0. The molecule has 0 atom stereocenters. The summed E-state index contributed by atoms with van der Waals surface area (Å²) in [7, 11) is -2.14. The maximum atomic E-state index is 12.7. The van der Waals surface area contributed by atoms with Crippen LogP contribution in [0.4, 0.5) is 9.93 Å². The number of hydrogen-bond donors (Lipinski definition) is 2. The fourth-order valence-corrected chi connectivity index (χ4v) is 4.77. The van der Waals surface area contributed by atoms with Crippen molar-refractivity contribution in [2.24, 2.45) is 0 Å². The molecule has 0 radical (unpaired) electrons. The van der Waals surface area contributed by atoms with Crippen LogP contribution in [0.2, 0.25) is 10.0 Å². The number of rotatable bonds is 7. The predicted octanol–water partition coefficient (Wildman–Crippen LogP) is 4.90. The Morgan fingerprint density at radius 3 is 2.52 bits per heavy atom. The second-order valence-corrected chi connectivity index (χ2v) is 10.5. The van der Waals surface area contributed by atoms with Crippen LogP contribution in [0, 0.1) is 6.92 Å². The Morgan fingerprint density at radius 1 is 1.13 bits per heavy atom. The second kappa shape index (κ2) is 9.97. The van der Waals surface area contributed by atoms with Crippen LogP contribution in [-0.4, -0.2) is 30.8 Å². The number of anilines is 1. The minimum Gasteiger partial charge on any atom is -0.334 e. The first-order valence-electron chi connectivity index (χ1n) is 9.11. The molecule has 0 bridgehead atoms. The Balaban J connectivity index is 1.56. The minimum absolute atomic E-state index is 0.0826. The predicted molar refractivity (Wildman–Crippen MR) is 124 cm³/mol. The van der Waals surface area contributed by atoms with Crippen LogP contribution in [0.15, 0.2) is 52.7 Å². The summed E-state index contributed by atoms with van der Waals surface area (Å²) < 4.78 is 26.6. The minimum atomic E-state index is -3.64. The highest BCUT2D eigenvalue weighted by Crippen LogP contribution is 2.23. The number of thiazole rings is 1. The zero-order valence-electron chi connectivity index (χ0n) is 16.7. The fraction of sp³-hybridized carbons (Fsp3) is 0.200. The first-order chi connectivity index (χ1) is 14.6. The smallest absolute Gasteiger partial charge is 0.321 e. The summed E-state index contributed by atoms with van der Waals surface area (Å²) in [5.41, 5.74) is 2.31. The number of aryl methyl sites for hydroxylation is 1. The van der Waals surface area contributed by atoms with E-state index < -0.39 is 16.1 Å². The molecular weight excluding hydrogens is 479 g/mol. The Bertz CT molecular complexity index is 1180. The number of carbonyl (C=O) groups excluding carboxylic acids is 1. The van der Waals surface area contributed by atoms with Crippen molar-refractivity contribution in [3.05, 3.63) is 74.7 Å². The lowest BCUT2D eigenvalue weighted by Crippen LogP contribution is -2.28. The van der Waals surface area contributed by atoms with E-state index >= 15 is 0 Å². The molecule has 1 heterocycles. The van der Waals surface area contributed by atoms with Crippen LogP contribution in [0.3, 0.4) is 0 Å². The Hall–Kier alpha value is -2.17. The molecule has 0 fully saturated rings. The van der Waals surface area contributed by atoms with Crippen molar-refractivity contribution < 1.29 is 13.2 Å². The first kappa shape index (κ1) is 23.5. The molecule has 164 valence electrons. The molecule has 3 aromatic rings. The van der Waals surface area contributed by atoms with Gasteiger partial charge in [-0.2, -0.15) is 4.31 Å². The van der Waals surface area contributed by atoms with E-state index in [9.17, 15) is 13.2 Å². The number of halogens is 2. The third-order valence-corrected chi connectivity index (χ3v) is 7.69. The van der Waals surface area contributed by atoms with Gasteiger partial charge in [0.25, 0.3) is 0 Å². The summed E-state index contributed by atoms with van der Waals surface area (Å²) in [6, 6.07) is 11.3. The van der Waals surface area contributed by atoms with E-state index in [1.54, 1.807) is 47.8 Å². The molecule has 0 saturated carbocycles. The number of urea groups is 1. The van der Waals surface area contributed by atoms with Gasteiger partial charge in [0.1, 0.15) is 0 Å². The molecule has 0 aliphatic carbocycles. The van der Waals surface area contributed by atoms with E-state index in [4.69, 9.17) is 23.2 Å². The monoisotopic (exact) mass is 498 g/mol. The molecule has 1 aromatic heterocycles. The number of hydrogen-bond acceptors (Lipinski definition) is 5. The zero-order chi connectivity index (χ0) is 22.6. The van der Waals surface area contributed by atoms with Crippen LogP contribution in [-0.2, 0) is 23.1 Å². The van der Waals surface area contributed by atoms with Crippen molar-refractivity contribution in [3.63, 3.8) is 0 Å². The lowest BCUT2D eigenvalue weighted by Gasteiger charge is -2.16. The number of carbonyl (C=O) groups is 1. The number of amides is 2. The second-order valence-electron chi connectivity index (χ2n) is 6.77. The third-order valence-electron chi connectivity index (χ3n) is 4.32. The van der Waals surface area contributed by atoms with Crippen LogP contribution in [0.25, 0.3) is 0 Å². The number of aromatic nitrogens is 1. The van der Waals surface area contributed by atoms with Gasteiger partial charge in [-0.25, -0.2) is 18.2 Å². The van der Waals surface area contributed by atoms with Crippen molar-refractivity contribution in [3.8, 4) is 0 Å². The van der Waals surface area contributed by atoms with E-state index in [2.05, 4.69) is 15.6 Å². The summed E-state index contributed by atoms with van der Waals surface area (Å²) >= 11 is 13.1. The van der Waals surface area contributed by atoms with E-state index in [-0.39, 0.29) is 18.0 Å². The van der Waals surface area contributed by atoms with E-state index in [1.807, 2.05) is 6.92 Å². The quantitative estimate of drug-likeness (QED) is 0.484. The standard InChI is InChI=1S/C20H20Cl2N4O3S2/c1-13-3-6-16(7-4-13)31(28,29)26(2)11-15-12-30-20(24-15)25-19(27)23-10-14-5-8-17(21)18(22)9-14/h3-9,12H,10-11H2,1-2H3,(H2,23,24,25,27). The van der Waals surface area contributed by atoms with Crippen molar-refractivity contribution in [1.29, 1.82) is 0 Å². The Labute approximate surface area is 195 Å². The maximum absolute atomic E-state index is 12.7. The van der Waals surface area contributed by atoms with E-state index in [0.29, 0.717) is 20.9 Å². The normalized spacial score (nSPS) is 11.5. The number of nitrogens with zero attached hydrogens (tertiary/aromatic N) is 2. The van der Waals surface area contributed by atoms with Crippen LogP contribution in [0.5, 0.6) is 0 Å². The van der Waals surface area contributed by atoms with E-state index in [0.717, 1.165) is 11.1 Å². The number of benzene rings is 2. The van der Waals surface area contributed by atoms with Crippen LogP contribution in [0.1, 0.15) is 16.8 Å². The average molecular weight is 499 g/mol. The highest BCUT2D eigenvalue weighted by atomic mass is 35.5. The SMILES string of the molecule is Cc1ccc(S(=O)(=O)N(C)Cc2csc(NC(=O)NCc3ccc(Cl)c(Cl)c3)n2)cc1. The maximum Gasteiger partial charge on any atom is 0.321 e. The molecule has 2 amide bonds. The fourth-order valence-electron chi connectivity index (χ4n) is 2.61. The van der Waals surface area contributed by atoms with Gasteiger partial charge in [-0.3, -0.25) is 5.32 Å². The molecule has 0 unspecified atom stereocenters. The van der Waals surface area contributed by atoms with Gasteiger partial charge < -0.3 is 5.32 Å². The largest absolute Gasteiger partial charge is 0.334 e. The van der Waals surface area contributed by atoms with Crippen molar-refractivity contribution in [2.75, 3.05) is 12.4 Å². The third kappa shape index (κ3) is 6.18. The van der Waals surface area contributed by atoms with Gasteiger partial charge in [0, 0.05) is 19.0 Å². The molecule has 0 aliphatic heterocycles. The van der Waals surface area contributed by atoms with Crippen LogP contribution >= 0.6 is 34.5 Å². The molecule has 2 N–H and O–H groups in total. The lowest BCUT2D eigenvalue weighted by molar-refractivity contribution is 0.251. The van der Waals surface area contributed by atoms with Crippen molar-refractivity contribution in [2.45, 2.75) is 24.9 Å². The van der Waals surface area contributed by atoms with Crippen LogP contribution < -0.4 is 10.6 Å². The van der Waals surface area contributed by atoms with Gasteiger partial charge in [0.05, 0.1) is 27.2 Å². The molecule has 2 aromatic carbocycles. The summed E-state index contributed by atoms with van der Waals surface area (Å²) in [5, 5.41) is 8.27. The zero-order valence-corrected chi connectivity index (χ0v) is 19.9. The van der Waals surface area contributed by atoms with E-state index in [1.165, 1.54) is 22.7 Å². The molecule has 7 nitrogen and oxygen atoms in total. The van der Waals surface area contributed by atoms with Crippen molar-refractivity contribution in [1.82, 2.24) is 14.6 Å². The molecular formula is C20H20Cl2N4O3S2. The highest BCUT2D eigenvalue weighted by Gasteiger charge is 2.21. The molecule has 3 rings (SSSR count). The van der Waals surface area contributed by atoms with Crippen molar-refractivity contribution >= 4 is 55.7 Å². The van der Waals surface area contributed by atoms with Gasteiger partial charge in [-0.15, -0.1) is 11.3 Å². The topological polar surface area (TPSA) is 91.4 Å². The highest BCUT2D eigenvalue weighted by molar-refractivity contribution is 7.89. The molecule has 11 heteroatoms. The van der Waals surface area contributed by atoms with Gasteiger partial charge in [0.2, 0.25) is 10.0 Å². The summed E-state index contributed by atoms with van der Waals surface area (Å²) in [6.45, 7) is 2.24. The Kier molecular flexibility index (Phi) is 7.55. The molecule has 0 saturated heterocycles. The van der Waals surface area contributed by atoms with Gasteiger partial charge in [0.15, 0.2) is 5.13 Å². The lowest BCUT2D eigenvalue weighted by atomic mass is 10.2. The molecule has 0 aliphatic rings. The number of sulfonamides is 1. The van der Waals surface area contributed by atoms with Gasteiger partial charge in [-0.05, 0) is 36.8 Å². The number of nitrogens with one attached hydrogen (secondary N) is 2.